The number of aryl methyl sites for hydroxylation is 1. The van der Waals surface area contributed by atoms with E-state index in [1.54, 1.807) is 10.9 Å². The monoisotopic (exact) mass is 246 g/mol. The van der Waals surface area contributed by atoms with Gasteiger partial charge in [-0.1, -0.05) is 0 Å². The van der Waals surface area contributed by atoms with Gasteiger partial charge >= 0.3 is 0 Å². The molecule has 0 saturated carbocycles. The van der Waals surface area contributed by atoms with Crippen LogP contribution in [-0.2, 0) is 13.6 Å². The Morgan fingerprint density at radius 2 is 2.28 bits per heavy atom. The summed E-state index contributed by atoms with van der Waals surface area (Å²) in [6.45, 7) is 3.61. The molecule has 0 aliphatic rings. The average Bonchev–Trinajstić information content (AvgIpc) is 2.75. The highest BCUT2D eigenvalue weighted by molar-refractivity contribution is 5.42. The Kier molecular flexibility index (Phi) is 3.76. The van der Waals surface area contributed by atoms with Crippen molar-refractivity contribution in [1.82, 2.24) is 19.7 Å². The number of anilines is 2. The summed E-state index contributed by atoms with van der Waals surface area (Å²) in [4.78, 5) is 10.7. The van der Waals surface area contributed by atoms with Crippen LogP contribution in [0.5, 0.6) is 0 Å². The largest absolute Gasteiger partial charge is 0.355 e. The van der Waals surface area contributed by atoms with E-state index in [4.69, 9.17) is 0 Å². The molecule has 0 aromatic carbocycles. The van der Waals surface area contributed by atoms with Gasteiger partial charge in [0.15, 0.2) is 0 Å². The van der Waals surface area contributed by atoms with Gasteiger partial charge in [-0.2, -0.15) is 10.1 Å². The van der Waals surface area contributed by atoms with Crippen LogP contribution in [0.15, 0.2) is 24.7 Å². The molecule has 0 radical (unpaired) electrons. The molecule has 0 fully saturated rings. The van der Waals surface area contributed by atoms with E-state index < -0.39 is 0 Å². The quantitative estimate of drug-likeness (QED) is 0.861. The second-order valence-electron chi connectivity index (χ2n) is 4.15. The zero-order chi connectivity index (χ0) is 13.0. The predicted molar refractivity (Wildman–Crippen MR) is 71.5 cm³/mol. The molecule has 0 unspecified atom stereocenters. The van der Waals surface area contributed by atoms with Crippen molar-refractivity contribution in [2.75, 3.05) is 23.8 Å². The highest BCUT2D eigenvalue weighted by atomic mass is 15.3. The molecule has 2 aromatic rings. The molecular formula is C12H18N6. The lowest BCUT2D eigenvalue weighted by Crippen LogP contribution is -2.18. The van der Waals surface area contributed by atoms with Crippen LogP contribution in [0.2, 0.25) is 0 Å². The molecule has 0 atom stereocenters. The fourth-order valence-corrected chi connectivity index (χ4v) is 1.71. The van der Waals surface area contributed by atoms with E-state index >= 15 is 0 Å². The smallest absolute Gasteiger partial charge is 0.224 e. The van der Waals surface area contributed by atoms with Gasteiger partial charge in [0.1, 0.15) is 5.82 Å². The van der Waals surface area contributed by atoms with Gasteiger partial charge in [-0.3, -0.25) is 4.68 Å². The van der Waals surface area contributed by atoms with E-state index in [0.29, 0.717) is 5.95 Å². The van der Waals surface area contributed by atoms with Crippen LogP contribution >= 0.6 is 0 Å². The standard InChI is InChI=1S/C12H18N6/c1-4-13-12-14-6-5-11(16-12)17(2)8-10-7-15-18(3)9-10/h5-7,9H,4,8H2,1-3H3,(H,13,14,16). The molecule has 0 aliphatic carbocycles. The Morgan fingerprint density at radius 3 is 2.94 bits per heavy atom. The summed E-state index contributed by atoms with van der Waals surface area (Å²) in [5, 5.41) is 7.26. The number of aromatic nitrogens is 4. The maximum atomic E-state index is 4.44. The maximum absolute atomic E-state index is 4.44. The highest BCUT2D eigenvalue weighted by Gasteiger charge is 2.06. The molecule has 1 N–H and O–H groups in total. The van der Waals surface area contributed by atoms with E-state index in [1.165, 1.54) is 0 Å². The first-order valence-corrected chi connectivity index (χ1v) is 5.94. The van der Waals surface area contributed by atoms with Gasteiger partial charge in [0.05, 0.1) is 6.20 Å². The second-order valence-corrected chi connectivity index (χ2v) is 4.15. The molecule has 6 heteroatoms. The van der Waals surface area contributed by atoms with Crippen LogP contribution in [-0.4, -0.2) is 33.3 Å². The van der Waals surface area contributed by atoms with E-state index in [-0.39, 0.29) is 0 Å². The molecule has 0 amide bonds. The lowest BCUT2D eigenvalue weighted by Gasteiger charge is -2.17. The van der Waals surface area contributed by atoms with Gasteiger partial charge in [-0.05, 0) is 13.0 Å². The lowest BCUT2D eigenvalue weighted by molar-refractivity contribution is 0.766. The molecule has 96 valence electrons. The number of rotatable bonds is 5. The Balaban J connectivity index is 2.08. The van der Waals surface area contributed by atoms with Gasteiger partial charge in [0.2, 0.25) is 5.95 Å². The summed E-state index contributed by atoms with van der Waals surface area (Å²) in [5.74, 6) is 1.55. The lowest BCUT2D eigenvalue weighted by atomic mass is 10.3. The topological polar surface area (TPSA) is 58.9 Å². The molecule has 2 rings (SSSR count). The minimum Gasteiger partial charge on any atom is -0.355 e. The van der Waals surface area contributed by atoms with Crippen LogP contribution in [0.1, 0.15) is 12.5 Å². The molecule has 0 aliphatic heterocycles. The molecule has 0 saturated heterocycles. The number of nitrogens with one attached hydrogen (secondary N) is 1. The fraction of sp³-hybridized carbons (Fsp3) is 0.417. The van der Waals surface area contributed by atoms with Crippen molar-refractivity contribution in [2.45, 2.75) is 13.5 Å². The van der Waals surface area contributed by atoms with Crippen LogP contribution in [0.3, 0.4) is 0 Å². The van der Waals surface area contributed by atoms with Crippen molar-refractivity contribution in [2.24, 2.45) is 7.05 Å². The Hall–Kier alpha value is -2.11. The Labute approximate surface area is 107 Å². The summed E-state index contributed by atoms with van der Waals surface area (Å²) in [7, 11) is 3.92. The van der Waals surface area contributed by atoms with E-state index in [9.17, 15) is 0 Å². The van der Waals surface area contributed by atoms with Gasteiger partial charge in [-0.15, -0.1) is 0 Å². The molecular weight excluding hydrogens is 228 g/mol. The van der Waals surface area contributed by atoms with E-state index in [2.05, 4.69) is 25.3 Å². The Bertz CT molecular complexity index is 507. The van der Waals surface area contributed by atoms with Crippen LogP contribution in [0, 0.1) is 0 Å². The summed E-state index contributed by atoms with van der Waals surface area (Å²) >= 11 is 0. The number of hydrogen-bond acceptors (Lipinski definition) is 5. The highest BCUT2D eigenvalue weighted by Crippen LogP contribution is 2.13. The molecule has 2 aromatic heterocycles. The summed E-state index contributed by atoms with van der Waals surface area (Å²) in [6, 6.07) is 1.90. The first-order valence-electron chi connectivity index (χ1n) is 5.94. The summed E-state index contributed by atoms with van der Waals surface area (Å²) < 4.78 is 1.80. The van der Waals surface area contributed by atoms with Crippen LogP contribution < -0.4 is 10.2 Å². The molecule has 0 bridgehead atoms. The zero-order valence-corrected chi connectivity index (χ0v) is 11.0. The third-order valence-electron chi connectivity index (χ3n) is 2.54. The average molecular weight is 246 g/mol. The molecule has 6 nitrogen and oxygen atoms in total. The van der Waals surface area contributed by atoms with Crippen molar-refractivity contribution in [1.29, 1.82) is 0 Å². The fourth-order valence-electron chi connectivity index (χ4n) is 1.71. The van der Waals surface area contributed by atoms with Gasteiger partial charge in [0, 0.05) is 45.1 Å². The van der Waals surface area contributed by atoms with Crippen molar-refractivity contribution in [3.05, 3.63) is 30.2 Å². The predicted octanol–water partition coefficient (Wildman–Crippen LogP) is 1.28. The maximum Gasteiger partial charge on any atom is 0.224 e. The van der Waals surface area contributed by atoms with Crippen molar-refractivity contribution >= 4 is 11.8 Å². The normalized spacial score (nSPS) is 10.4. The van der Waals surface area contributed by atoms with Gasteiger partial charge in [-0.25, -0.2) is 4.98 Å². The molecule has 0 spiro atoms. The summed E-state index contributed by atoms with van der Waals surface area (Å²) in [5.41, 5.74) is 1.16. The van der Waals surface area contributed by atoms with Crippen molar-refractivity contribution in [3.8, 4) is 0 Å². The third-order valence-corrected chi connectivity index (χ3v) is 2.54. The van der Waals surface area contributed by atoms with E-state index in [1.807, 2.05) is 39.5 Å². The van der Waals surface area contributed by atoms with Gasteiger partial charge < -0.3 is 10.2 Å². The number of nitrogens with zero attached hydrogens (tertiary/aromatic N) is 5. The minimum atomic E-state index is 0.660. The third kappa shape index (κ3) is 2.97. The van der Waals surface area contributed by atoms with Gasteiger partial charge in [0.25, 0.3) is 0 Å². The van der Waals surface area contributed by atoms with Crippen LogP contribution in [0.4, 0.5) is 11.8 Å². The zero-order valence-electron chi connectivity index (χ0n) is 11.0. The molecule has 2 heterocycles. The SMILES string of the molecule is CCNc1nccc(N(C)Cc2cnn(C)c2)n1. The summed E-state index contributed by atoms with van der Waals surface area (Å²) in [6.07, 6.45) is 5.63. The molecule has 18 heavy (non-hydrogen) atoms. The van der Waals surface area contributed by atoms with Crippen molar-refractivity contribution < 1.29 is 0 Å². The minimum absolute atomic E-state index is 0.660. The second kappa shape index (κ2) is 5.48. The Morgan fingerprint density at radius 1 is 1.44 bits per heavy atom. The number of hydrogen-bond donors (Lipinski definition) is 1. The van der Waals surface area contributed by atoms with E-state index in [0.717, 1.165) is 24.5 Å². The van der Waals surface area contributed by atoms with Crippen molar-refractivity contribution in [3.63, 3.8) is 0 Å². The van der Waals surface area contributed by atoms with Crippen LogP contribution in [0.25, 0.3) is 0 Å². The first-order chi connectivity index (χ1) is 8.69. The first kappa shape index (κ1) is 12.3.